The van der Waals surface area contributed by atoms with Gasteiger partial charge in [-0.3, -0.25) is 4.79 Å². The van der Waals surface area contributed by atoms with Crippen LogP contribution in [-0.2, 0) is 9.53 Å². The van der Waals surface area contributed by atoms with E-state index in [2.05, 4.69) is 6.92 Å². The van der Waals surface area contributed by atoms with E-state index in [-0.39, 0.29) is 24.0 Å². The fourth-order valence-corrected chi connectivity index (χ4v) is 2.65. The molecule has 0 bridgehead atoms. The molecule has 1 rings (SSSR count). The molecule has 0 spiro atoms. The van der Waals surface area contributed by atoms with Gasteiger partial charge < -0.3 is 10.5 Å². The molecule has 3 nitrogen and oxygen atoms in total. The van der Waals surface area contributed by atoms with Gasteiger partial charge in [0.1, 0.15) is 0 Å². The zero-order valence-corrected chi connectivity index (χ0v) is 12.0. The minimum atomic E-state index is -0.0202. The normalized spacial score (nSPS) is 25.7. The van der Waals surface area contributed by atoms with E-state index in [1.165, 1.54) is 19.3 Å². The SMILES string of the molecule is CCCCCCC(C)OC(=O)C1CCCC(N)C1. The summed E-state index contributed by atoms with van der Waals surface area (Å²) < 4.78 is 5.52. The third-order valence-corrected chi connectivity index (χ3v) is 3.83. The molecule has 18 heavy (non-hydrogen) atoms. The van der Waals surface area contributed by atoms with Crippen molar-refractivity contribution in [2.45, 2.75) is 83.8 Å². The Hall–Kier alpha value is -0.570. The summed E-state index contributed by atoms with van der Waals surface area (Å²) in [5.41, 5.74) is 5.90. The van der Waals surface area contributed by atoms with Gasteiger partial charge in [0, 0.05) is 6.04 Å². The van der Waals surface area contributed by atoms with Crippen LogP contribution in [-0.4, -0.2) is 18.1 Å². The number of hydrogen-bond donors (Lipinski definition) is 1. The van der Waals surface area contributed by atoms with Crippen LogP contribution in [0, 0.1) is 5.92 Å². The van der Waals surface area contributed by atoms with Crippen molar-refractivity contribution in [2.24, 2.45) is 11.7 Å². The molecule has 0 amide bonds. The topological polar surface area (TPSA) is 52.3 Å². The van der Waals surface area contributed by atoms with Gasteiger partial charge in [-0.2, -0.15) is 0 Å². The van der Waals surface area contributed by atoms with Crippen molar-refractivity contribution in [1.82, 2.24) is 0 Å². The molecular formula is C15H29NO2. The summed E-state index contributed by atoms with van der Waals surface area (Å²) in [6, 6.07) is 0.191. The number of ether oxygens (including phenoxy) is 1. The standard InChI is InChI=1S/C15H29NO2/c1-3-4-5-6-8-12(2)18-15(17)13-9-7-10-14(16)11-13/h12-14H,3-11,16H2,1-2H3. The van der Waals surface area contributed by atoms with Crippen LogP contribution >= 0.6 is 0 Å². The lowest BCUT2D eigenvalue weighted by Crippen LogP contribution is -2.33. The molecule has 3 unspecified atom stereocenters. The molecule has 106 valence electrons. The summed E-state index contributed by atoms with van der Waals surface area (Å²) in [6.45, 7) is 4.21. The first kappa shape index (κ1) is 15.5. The number of carbonyl (C=O) groups is 1. The summed E-state index contributed by atoms with van der Waals surface area (Å²) in [4.78, 5) is 12.0. The van der Waals surface area contributed by atoms with E-state index < -0.39 is 0 Å². The fraction of sp³-hybridized carbons (Fsp3) is 0.933. The Labute approximate surface area is 111 Å². The molecule has 1 fully saturated rings. The highest BCUT2D eigenvalue weighted by Gasteiger charge is 2.27. The van der Waals surface area contributed by atoms with Crippen LogP contribution in [0.3, 0.4) is 0 Å². The van der Waals surface area contributed by atoms with Crippen LogP contribution in [0.25, 0.3) is 0 Å². The number of hydrogen-bond acceptors (Lipinski definition) is 3. The zero-order chi connectivity index (χ0) is 13.4. The molecule has 0 saturated heterocycles. The van der Waals surface area contributed by atoms with E-state index in [0.29, 0.717) is 0 Å². The molecule has 0 radical (unpaired) electrons. The first-order chi connectivity index (χ1) is 8.63. The highest BCUT2D eigenvalue weighted by molar-refractivity contribution is 5.72. The molecule has 0 heterocycles. The summed E-state index contributed by atoms with van der Waals surface area (Å²) in [6.07, 6.45) is 9.85. The fourth-order valence-electron chi connectivity index (χ4n) is 2.65. The van der Waals surface area contributed by atoms with Gasteiger partial charge in [0.05, 0.1) is 12.0 Å². The van der Waals surface area contributed by atoms with Crippen molar-refractivity contribution in [3.05, 3.63) is 0 Å². The van der Waals surface area contributed by atoms with Crippen LogP contribution in [0.5, 0.6) is 0 Å². The van der Waals surface area contributed by atoms with Crippen molar-refractivity contribution in [3.8, 4) is 0 Å². The highest BCUT2D eigenvalue weighted by atomic mass is 16.5. The van der Waals surface area contributed by atoms with Crippen molar-refractivity contribution in [2.75, 3.05) is 0 Å². The second-order valence-corrected chi connectivity index (χ2v) is 5.72. The van der Waals surface area contributed by atoms with E-state index in [4.69, 9.17) is 10.5 Å². The Morgan fingerprint density at radius 2 is 2.11 bits per heavy atom. The van der Waals surface area contributed by atoms with Crippen LogP contribution in [0.1, 0.15) is 71.6 Å². The lowest BCUT2D eigenvalue weighted by atomic mass is 9.86. The maximum atomic E-state index is 12.0. The maximum Gasteiger partial charge on any atom is 0.309 e. The third kappa shape index (κ3) is 5.85. The molecule has 0 aromatic carbocycles. The zero-order valence-electron chi connectivity index (χ0n) is 12.0. The molecule has 0 aromatic rings. The second-order valence-electron chi connectivity index (χ2n) is 5.72. The van der Waals surface area contributed by atoms with Gasteiger partial charge in [-0.25, -0.2) is 0 Å². The molecule has 1 aliphatic rings. The average Bonchev–Trinajstić information content (AvgIpc) is 2.34. The summed E-state index contributed by atoms with van der Waals surface area (Å²) >= 11 is 0. The summed E-state index contributed by atoms with van der Waals surface area (Å²) in [7, 11) is 0. The van der Waals surface area contributed by atoms with Gasteiger partial charge in [-0.05, 0) is 39.0 Å². The van der Waals surface area contributed by atoms with Crippen LogP contribution in [0.15, 0.2) is 0 Å². The van der Waals surface area contributed by atoms with Gasteiger partial charge in [0.2, 0.25) is 0 Å². The predicted molar refractivity (Wildman–Crippen MR) is 74.2 cm³/mol. The average molecular weight is 255 g/mol. The van der Waals surface area contributed by atoms with Gasteiger partial charge in [0.15, 0.2) is 0 Å². The number of unbranched alkanes of at least 4 members (excludes halogenated alkanes) is 3. The van der Waals surface area contributed by atoms with E-state index in [1.54, 1.807) is 0 Å². The first-order valence-corrected chi connectivity index (χ1v) is 7.59. The predicted octanol–water partition coefficient (Wildman–Crippen LogP) is 3.41. The second kappa shape index (κ2) is 8.52. The van der Waals surface area contributed by atoms with Crippen LogP contribution < -0.4 is 5.73 Å². The molecule has 2 N–H and O–H groups in total. The van der Waals surface area contributed by atoms with Crippen molar-refractivity contribution in [3.63, 3.8) is 0 Å². The summed E-state index contributed by atoms with van der Waals surface area (Å²) in [5.74, 6) is 0.0278. The molecule has 3 atom stereocenters. The smallest absolute Gasteiger partial charge is 0.309 e. The Kier molecular flexibility index (Phi) is 7.33. The van der Waals surface area contributed by atoms with Gasteiger partial charge in [-0.1, -0.05) is 32.6 Å². The number of carbonyl (C=O) groups excluding carboxylic acids is 1. The molecular weight excluding hydrogens is 226 g/mol. The Bertz CT molecular complexity index is 243. The number of nitrogens with two attached hydrogens (primary N) is 1. The molecule has 0 aliphatic heterocycles. The Balaban J connectivity index is 2.17. The van der Waals surface area contributed by atoms with Crippen molar-refractivity contribution in [1.29, 1.82) is 0 Å². The molecule has 0 aromatic heterocycles. The van der Waals surface area contributed by atoms with Crippen LogP contribution in [0.4, 0.5) is 0 Å². The van der Waals surface area contributed by atoms with Crippen molar-refractivity contribution >= 4 is 5.97 Å². The van der Waals surface area contributed by atoms with Crippen LogP contribution in [0.2, 0.25) is 0 Å². The van der Waals surface area contributed by atoms with E-state index in [0.717, 1.165) is 38.5 Å². The monoisotopic (exact) mass is 255 g/mol. The minimum Gasteiger partial charge on any atom is -0.462 e. The molecule has 1 aliphatic carbocycles. The third-order valence-electron chi connectivity index (χ3n) is 3.83. The van der Waals surface area contributed by atoms with E-state index >= 15 is 0 Å². The lowest BCUT2D eigenvalue weighted by molar-refractivity contribution is -0.154. The molecule has 1 saturated carbocycles. The minimum absolute atomic E-state index is 0.0202. The Morgan fingerprint density at radius 1 is 1.33 bits per heavy atom. The van der Waals surface area contributed by atoms with Gasteiger partial charge in [0.25, 0.3) is 0 Å². The molecule has 3 heteroatoms. The Morgan fingerprint density at radius 3 is 2.78 bits per heavy atom. The highest BCUT2D eigenvalue weighted by Crippen LogP contribution is 2.25. The number of rotatable bonds is 7. The summed E-state index contributed by atoms with van der Waals surface area (Å²) in [5, 5.41) is 0. The first-order valence-electron chi connectivity index (χ1n) is 7.59. The maximum absolute atomic E-state index is 12.0. The van der Waals surface area contributed by atoms with Gasteiger partial charge >= 0.3 is 5.97 Å². The lowest BCUT2D eigenvalue weighted by Gasteiger charge is -2.26. The van der Waals surface area contributed by atoms with Crippen molar-refractivity contribution < 1.29 is 9.53 Å². The largest absolute Gasteiger partial charge is 0.462 e. The van der Waals surface area contributed by atoms with E-state index in [9.17, 15) is 4.79 Å². The van der Waals surface area contributed by atoms with E-state index in [1.807, 2.05) is 6.92 Å². The quantitative estimate of drug-likeness (QED) is 0.560. The van der Waals surface area contributed by atoms with Gasteiger partial charge in [-0.15, -0.1) is 0 Å². The number of esters is 1.